The number of nitrogens with zero attached hydrogens (tertiary/aromatic N) is 2. The fourth-order valence-corrected chi connectivity index (χ4v) is 3.04. The van der Waals surface area contributed by atoms with Crippen LogP contribution in [0.15, 0.2) is 78.9 Å². The molecule has 0 saturated carbocycles. The van der Waals surface area contributed by atoms with E-state index in [1.807, 2.05) is 54.6 Å². The summed E-state index contributed by atoms with van der Waals surface area (Å²) in [6.07, 6.45) is 0.931. The molecule has 0 saturated heterocycles. The van der Waals surface area contributed by atoms with Crippen molar-refractivity contribution in [2.45, 2.75) is 6.42 Å². The van der Waals surface area contributed by atoms with E-state index < -0.39 is 0 Å². The summed E-state index contributed by atoms with van der Waals surface area (Å²) in [5.41, 5.74) is 3.10. The Bertz CT molecular complexity index is 1050. The lowest BCUT2D eigenvalue weighted by Crippen LogP contribution is -2.09. The van der Waals surface area contributed by atoms with Gasteiger partial charge in [-0.1, -0.05) is 42.5 Å². The van der Waals surface area contributed by atoms with Gasteiger partial charge in [0.15, 0.2) is 0 Å². The maximum absolute atomic E-state index is 5.21. The van der Waals surface area contributed by atoms with Gasteiger partial charge in [0.05, 0.1) is 12.6 Å². The summed E-state index contributed by atoms with van der Waals surface area (Å²) in [5, 5.41) is 7.76. The molecule has 0 fully saturated rings. The molecule has 4 aromatic rings. The lowest BCUT2D eigenvalue weighted by atomic mass is 10.1. The number of hydrogen-bond donors (Lipinski definition) is 2. The van der Waals surface area contributed by atoms with Crippen molar-refractivity contribution in [3.8, 4) is 5.75 Å². The molecule has 0 aliphatic carbocycles. The van der Waals surface area contributed by atoms with Crippen LogP contribution in [0.2, 0.25) is 0 Å². The van der Waals surface area contributed by atoms with E-state index in [9.17, 15) is 0 Å². The molecule has 0 bridgehead atoms. The number of para-hydroxylation sites is 1. The zero-order valence-electron chi connectivity index (χ0n) is 15.7. The van der Waals surface area contributed by atoms with E-state index in [-0.39, 0.29) is 0 Å². The van der Waals surface area contributed by atoms with Crippen molar-refractivity contribution in [3.63, 3.8) is 0 Å². The molecule has 0 unspecified atom stereocenters. The quantitative estimate of drug-likeness (QED) is 0.477. The largest absolute Gasteiger partial charge is 0.497 e. The van der Waals surface area contributed by atoms with Crippen molar-refractivity contribution in [3.05, 3.63) is 84.4 Å². The molecule has 5 nitrogen and oxygen atoms in total. The van der Waals surface area contributed by atoms with Gasteiger partial charge >= 0.3 is 0 Å². The average molecular weight is 370 g/mol. The van der Waals surface area contributed by atoms with Gasteiger partial charge in [-0.3, -0.25) is 0 Å². The zero-order valence-corrected chi connectivity index (χ0v) is 15.7. The summed E-state index contributed by atoms with van der Waals surface area (Å²) >= 11 is 0. The van der Waals surface area contributed by atoms with Crippen molar-refractivity contribution in [1.82, 2.24) is 9.97 Å². The minimum Gasteiger partial charge on any atom is -0.497 e. The molecule has 5 heteroatoms. The molecule has 0 amide bonds. The SMILES string of the molecule is COc1ccc(Nc2nc(NCCc3ccccc3)c3ccccc3n2)cc1. The standard InChI is InChI=1S/C23H22N4O/c1-28-19-13-11-18(12-14-19)25-23-26-21-10-6-5-9-20(21)22(27-23)24-16-15-17-7-3-2-4-8-17/h2-14H,15-16H2,1H3,(H2,24,25,26,27). The number of aromatic nitrogens is 2. The van der Waals surface area contributed by atoms with Crippen LogP contribution in [0, 0.1) is 0 Å². The van der Waals surface area contributed by atoms with Crippen molar-refractivity contribution in [2.24, 2.45) is 0 Å². The van der Waals surface area contributed by atoms with Gasteiger partial charge in [-0.05, 0) is 48.4 Å². The molecule has 0 atom stereocenters. The van der Waals surface area contributed by atoms with E-state index in [2.05, 4.69) is 39.9 Å². The van der Waals surface area contributed by atoms with Gasteiger partial charge in [0.1, 0.15) is 11.6 Å². The predicted octanol–water partition coefficient (Wildman–Crippen LogP) is 5.04. The second-order valence-electron chi connectivity index (χ2n) is 6.43. The third-order valence-electron chi connectivity index (χ3n) is 4.50. The second kappa shape index (κ2) is 8.39. The molecular formula is C23H22N4O. The number of fused-ring (bicyclic) bond motifs is 1. The van der Waals surface area contributed by atoms with Crippen LogP contribution in [0.4, 0.5) is 17.5 Å². The van der Waals surface area contributed by atoms with E-state index in [4.69, 9.17) is 9.72 Å². The smallest absolute Gasteiger partial charge is 0.229 e. The molecule has 2 N–H and O–H groups in total. The van der Waals surface area contributed by atoms with Gasteiger partial charge in [0, 0.05) is 17.6 Å². The highest BCUT2D eigenvalue weighted by molar-refractivity contribution is 5.90. The zero-order chi connectivity index (χ0) is 19.2. The highest BCUT2D eigenvalue weighted by atomic mass is 16.5. The number of hydrogen-bond acceptors (Lipinski definition) is 5. The van der Waals surface area contributed by atoms with E-state index in [0.717, 1.165) is 41.1 Å². The number of benzene rings is 3. The van der Waals surface area contributed by atoms with Crippen molar-refractivity contribution in [2.75, 3.05) is 24.3 Å². The molecule has 1 heterocycles. The first-order valence-electron chi connectivity index (χ1n) is 9.27. The summed E-state index contributed by atoms with van der Waals surface area (Å²) in [5.74, 6) is 2.21. The maximum Gasteiger partial charge on any atom is 0.229 e. The Morgan fingerprint density at radius 1 is 0.821 bits per heavy atom. The summed E-state index contributed by atoms with van der Waals surface area (Å²) in [6, 6.07) is 26.2. The fourth-order valence-electron chi connectivity index (χ4n) is 3.04. The van der Waals surface area contributed by atoms with Gasteiger partial charge in [-0.25, -0.2) is 4.98 Å². The van der Waals surface area contributed by atoms with Crippen LogP contribution in [-0.4, -0.2) is 23.6 Å². The number of rotatable bonds is 7. The second-order valence-corrected chi connectivity index (χ2v) is 6.43. The Balaban J connectivity index is 1.55. The van der Waals surface area contributed by atoms with Crippen molar-refractivity contribution < 1.29 is 4.74 Å². The van der Waals surface area contributed by atoms with Crippen LogP contribution in [0.25, 0.3) is 10.9 Å². The molecule has 28 heavy (non-hydrogen) atoms. The van der Waals surface area contributed by atoms with E-state index >= 15 is 0 Å². The van der Waals surface area contributed by atoms with E-state index in [1.54, 1.807) is 7.11 Å². The van der Waals surface area contributed by atoms with E-state index in [0.29, 0.717) is 5.95 Å². The van der Waals surface area contributed by atoms with Crippen LogP contribution >= 0.6 is 0 Å². The Hall–Kier alpha value is -3.60. The molecule has 140 valence electrons. The third-order valence-corrected chi connectivity index (χ3v) is 4.50. The number of methoxy groups -OCH3 is 1. The lowest BCUT2D eigenvalue weighted by molar-refractivity contribution is 0.415. The van der Waals surface area contributed by atoms with Gasteiger partial charge in [0.25, 0.3) is 0 Å². The average Bonchev–Trinajstić information content (AvgIpc) is 2.75. The van der Waals surface area contributed by atoms with Gasteiger partial charge < -0.3 is 15.4 Å². The summed E-state index contributed by atoms with van der Waals surface area (Å²) < 4.78 is 5.21. The first-order chi connectivity index (χ1) is 13.8. The summed E-state index contributed by atoms with van der Waals surface area (Å²) in [6.45, 7) is 0.799. The Kier molecular flexibility index (Phi) is 5.33. The van der Waals surface area contributed by atoms with Crippen LogP contribution < -0.4 is 15.4 Å². The number of anilines is 3. The maximum atomic E-state index is 5.21. The summed E-state index contributed by atoms with van der Waals surface area (Å²) in [4.78, 5) is 9.35. The topological polar surface area (TPSA) is 59.1 Å². The first kappa shape index (κ1) is 17.8. The highest BCUT2D eigenvalue weighted by Gasteiger charge is 2.08. The van der Waals surface area contributed by atoms with Crippen LogP contribution in [0.1, 0.15) is 5.56 Å². The third kappa shape index (κ3) is 4.20. The molecule has 4 rings (SSSR count). The van der Waals surface area contributed by atoms with Gasteiger partial charge in [-0.15, -0.1) is 0 Å². The van der Waals surface area contributed by atoms with Crippen molar-refractivity contribution in [1.29, 1.82) is 0 Å². The molecule has 1 aromatic heterocycles. The van der Waals surface area contributed by atoms with Crippen LogP contribution in [-0.2, 0) is 6.42 Å². The van der Waals surface area contributed by atoms with Crippen LogP contribution in [0.5, 0.6) is 5.75 Å². The monoisotopic (exact) mass is 370 g/mol. The molecule has 0 radical (unpaired) electrons. The first-order valence-corrected chi connectivity index (χ1v) is 9.27. The highest BCUT2D eigenvalue weighted by Crippen LogP contribution is 2.24. The minimum absolute atomic E-state index is 0.561. The molecule has 0 aliphatic heterocycles. The molecule has 0 spiro atoms. The Morgan fingerprint density at radius 2 is 1.57 bits per heavy atom. The summed E-state index contributed by atoms with van der Waals surface area (Å²) in [7, 11) is 1.66. The molecule has 0 aliphatic rings. The normalized spacial score (nSPS) is 10.6. The van der Waals surface area contributed by atoms with Gasteiger partial charge in [0.2, 0.25) is 5.95 Å². The minimum atomic E-state index is 0.561. The number of nitrogens with one attached hydrogen (secondary N) is 2. The Labute approximate surface area is 164 Å². The van der Waals surface area contributed by atoms with Gasteiger partial charge in [-0.2, -0.15) is 4.98 Å². The van der Waals surface area contributed by atoms with Crippen molar-refractivity contribution >= 4 is 28.4 Å². The Morgan fingerprint density at radius 3 is 2.36 bits per heavy atom. The number of ether oxygens (including phenoxy) is 1. The van der Waals surface area contributed by atoms with E-state index in [1.165, 1.54) is 5.56 Å². The molecule has 3 aromatic carbocycles. The predicted molar refractivity (Wildman–Crippen MR) is 114 cm³/mol. The van der Waals surface area contributed by atoms with Crippen LogP contribution in [0.3, 0.4) is 0 Å². The lowest BCUT2D eigenvalue weighted by Gasteiger charge is -2.12. The fraction of sp³-hybridized carbons (Fsp3) is 0.130. The molecular weight excluding hydrogens is 348 g/mol.